The Balaban J connectivity index is 3.38. The number of rotatable bonds is 2. The molecule has 0 aliphatic carbocycles. The molecule has 0 saturated carbocycles. The second-order valence-electron chi connectivity index (χ2n) is 2.29. The molecule has 0 radical (unpaired) electrons. The predicted octanol–water partition coefficient (Wildman–Crippen LogP) is 2.54. The number of hydrogen-bond donors (Lipinski definition) is 1. The minimum absolute atomic E-state index is 0.150. The number of hydrogen-bond acceptors (Lipinski definition) is 3. The molecule has 0 heterocycles. The van der Waals surface area contributed by atoms with Crippen LogP contribution in [-0.2, 0) is 0 Å². The molecule has 1 aromatic carbocycles. The third-order valence-corrected chi connectivity index (χ3v) is 1.94. The maximum Gasteiger partial charge on any atom is 0.327 e. The first-order valence-electron chi connectivity index (χ1n) is 3.37. The third kappa shape index (κ3) is 1.95. The van der Waals surface area contributed by atoms with E-state index in [0.29, 0.717) is 4.47 Å². The highest BCUT2D eigenvalue weighted by Gasteiger charge is 2.19. The molecule has 1 aromatic rings. The third-order valence-electron chi connectivity index (χ3n) is 1.48. The van der Waals surface area contributed by atoms with Gasteiger partial charge in [0.2, 0.25) is 5.82 Å². The lowest BCUT2D eigenvalue weighted by molar-refractivity contribution is -0.386. The van der Waals surface area contributed by atoms with Crippen molar-refractivity contribution in [2.75, 3.05) is 12.4 Å². The minimum Gasteiger partial charge on any atom is -0.382 e. The highest BCUT2D eigenvalue weighted by Crippen LogP contribution is 2.30. The van der Waals surface area contributed by atoms with Crippen molar-refractivity contribution < 1.29 is 9.31 Å². The van der Waals surface area contributed by atoms with Crippen LogP contribution in [0.1, 0.15) is 0 Å². The zero-order valence-electron chi connectivity index (χ0n) is 6.67. The molecule has 0 aliphatic heterocycles. The van der Waals surface area contributed by atoms with Crippen LogP contribution in [-0.4, -0.2) is 12.0 Å². The Kier molecular flexibility index (Phi) is 2.82. The fraction of sp³-hybridized carbons (Fsp3) is 0.143. The van der Waals surface area contributed by atoms with Crippen LogP contribution in [0.2, 0.25) is 0 Å². The minimum atomic E-state index is -0.858. The van der Waals surface area contributed by atoms with Crippen molar-refractivity contribution in [3.63, 3.8) is 0 Å². The first-order valence-corrected chi connectivity index (χ1v) is 4.16. The fourth-order valence-corrected chi connectivity index (χ4v) is 1.37. The first-order chi connectivity index (χ1) is 6.06. The second kappa shape index (κ2) is 3.69. The summed E-state index contributed by atoms with van der Waals surface area (Å²) >= 11 is 3.03. The van der Waals surface area contributed by atoms with Crippen LogP contribution in [0, 0.1) is 15.9 Å². The van der Waals surface area contributed by atoms with Crippen LogP contribution >= 0.6 is 15.9 Å². The summed E-state index contributed by atoms with van der Waals surface area (Å²) in [5.74, 6) is -0.858. The van der Waals surface area contributed by atoms with Gasteiger partial charge in [-0.3, -0.25) is 10.1 Å². The maximum absolute atomic E-state index is 13.0. The number of nitrogens with zero attached hydrogens (tertiary/aromatic N) is 1. The summed E-state index contributed by atoms with van der Waals surface area (Å²) in [5, 5.41) is 13.0. The van der Waals surface area contributed by atoms with Crippen molar-refractivity contribution in [3.8, 4) is 0 Å². The lowest BCUT2D eigenvalue weighted by Crippen LogP contribution is -1.99. The Morgan fingerprint density at radius 3 is 2.69 bits per heavy atom. The molecule has 13 heavy (non-hydrogen) atoms. The first kappa shape index (κ1) is 9.91. The molecule has 6 heteroatoms. The van der Waals surface area contributed by atoms with Gasteiger partial charge in [0.05, 0.1) is 4.92 Å². The predicted molar refractivity (Wildman–Crippen MR) is 50.3 cm³/mol. The topological polar surface area (TPSA) is 55.2 Å². The smallest absolute Gasteiger partial charge is 0.327 e. The van der Waals surface area contributed by atoms with Crippen LogP contribution in [0.15, 0.2) is 16.6 Å². The van der Waals surface area contributed by atoms with Gasteiger partial charge in [0.15, 0.2) is 0 Å². The number of nitro groups is 1. The van der Waals surface area contributed by atoms with Crippen molar-refractivity contribution >= 4 is 27.3 Å². The van der Waals surface area contributed by atoms with Crippen LogP contribution in [0.5, 0.6) is 0 Å². The summed E-state index contributed by atoms with van der Waals surface area (Å²) in [7, 11) is 1.49. The number of halogens is 2. The summed E-state index contributed by atoms with van der Waals surface area (Å²) < 4.78 is 13.5. The largest absolute Gasteiger partial charge is 0.382 e. The van der Waals surface area contributed by atoms with E-state index in [2.05, 4.69) is 21.2 Å². The molecule has 70 valence electrons. The van der Waals surface area contributed by atoms with Crippen molar-refractivity contribution in [1.29, 1.82) is 0 Å². The molecular weight excluding hydrogens is 243 g/mol. The van der Waals surface area contributed by atoms with Gasteiger partial charge in [-0.15, -0.1) is 0 Å². The zero-order chi connectivity index (χ0) is 10.0. The van der Waals surface area contributed by atoms with E-state index in [1.54, 1.807) is 0 Å². The summed E-state index contributed by atoms with van der Waals surface area (Å²) in [6.45, 7) is 0. The summed E-state index contributed by atoms with van der Waals surface area (Å²) in [4.78, 5) is 9.67. The highest BCUT2D eigenvalue weighted by molar-refractivity contribution is 9.10. The van der Waals surface area contributed by atoms with E-state index in [0.717, 1.165) is 6.07 Å². The van der Waals surface area contributed by atoms with Gasteiger partial charge < -0.3 is 5.32 Å². The fourth-order valence-electron chi connectivity index (χ4n) is 0.942. The quantitative estimate of drug-likeness (QED) is 0.647. The van der Waals surface area contributed by atoms with E-state index >= 15 is 0 Å². The van der Waals surface area contributed by atoms with E-state index in [1.807, 2.05) is 0 Å². The molecule has 0 spiro atoms. The molecule has 0 saturated heterocycles. The van der Waals surface area contributed by atoms with E-state index < -0.39 is 16.4 Å². The van der Waals surface area contributed by atoms with Crippen LogP contribution in [0.25, 0.3) is 0 Å². The van der Waals surface area contributed by atoms with Gasteiger partial charge in [0.25, 0.3) is 0 Å². The summed E-state index contributed by atoms with van der Waals surface area (Å²) in [6, 6.07) is 2.50. The van der Waals surface area contributed by atoms with Gasteiger partial charge in [0, 0.05) is 11.5 Å². The molecule has 0 atom stereocenters. The number of anilines is 1. The molecular formula is C7H6BrFN2O2. The van der Waals surface area contributed by atoms with E-state index in [1.165, 1.54) is 13.1 Å². The van der Waals surface area contributed by atoms with Gasteiger partial charge in [-0.25, -0.2) is 0 Å². The van der Waals surface area contributed by atoms with Crippen molar-refractivity contribution in [2.45, 2.75) is 0 Å². The maximum atomic E-state index is 13.0. The second-order valence-corrected chi connectivity index (χ2v) is 3.21. The number of nitrogens with one attached hydrogen (secondary N) is 1. The molecule has 0 fully saturated rings. The molecule has 0 amide bonds. The summed E-state index contributed by atoms with van der Waals surface area (Å²) in [6.07, 6.45) is 0. The molecule has 1 N–H and O–H groups in total. The van der Waals surface area contributed by atoms with Crippen LogP contribution < -0.4 is 5.32 Å². The Morgan fingerprint density at radius 1 is 1.62 bits per heavy atom. The van der Waals surface area contributed by atoms with Gasteiger partial charge in [-0.1, -0.05) is 15.9 Å². The lowest BCUT2D eigenvalue weighted by Gasteiger charge is -2.02. The van der Waals surface area contributed by atoms with Gasteiger partial charge >= 0.3 is 5.69 Å². The monoisotopic (exact) mass is 248 g/mol. The van der Waals surface area contributed by atoms with Crippen LogP contribution in [0.3, 0.4) is 0 Å². The Hall–Kier alpha value is -1.17. The lowest BCUT2D eigenvalue weighted by atomic mass is 10.2. The van der Waals surface area contributed by atoms with E-state index in [-0.39, 0.29) is 5.69 Å². The molecule has 1 rings (SSSR count). The molecule has 0 aromatic heterocycles. The van der Waals surface area contributed by atoms with Gasteiger partial charge in [-0.2, -0.15) is 4.39 Å². The number of benzene rings is 1. The van der Waals surface area contributed by atoms with Crippen LogP contribution in [0.4, 0.5) is 15.8 Å². The molecule has 4 nitrogen and oxygen atoms in total. The van der Waals surface area contributed by atoms with E-state index in [9.17, 15) is 14.5 Å². The molecule has 0 unspecified atom stereocenters. The molecule has 0 bridgehead atoms. The van der Waals surface area contributed by atoms with E-state index in [4.69, 9.17) is 0 Å². The Morgan fingerprint density at radius 2 is 2.23 bits per heavy atom. The van der Waals surface area contributed by atoms with Crippen molar-refractivity contribution in [1.82, 2.24) is 0 Å². The van der Waals surface area contributed by atoms with Crippen molar-refractivity contribution in [2.24, 2.45) is 0 Å². The zero-order valence-corrected chi connectivity index (χ0v) is 8.26. The highest BCUT2D eigenvalue weighted by atomic mass is 79.9. The van der Waals surface area contributed by atoms with Gasteiger partial charge in [0.1, 0.15) is 5.69 Å². The summed E-state index contributed by atoms with van der Waals surface area (Å²) in [5.41, 5.74) is -0.387. The average Bonchev–Trinajstić information content (AvgIpc) is 2.01. The van der Waals surface area contributed by atoms with Crippen molar-refractivity contribution in [3.05, 3.63) is 32.5 Å². The Bertz CT molecular complexity index is 357. The average molecular weight is 249 g/mol. The van der Waals surface area contributed by atoms with Gasteiger partial charge in [-0.05, 0) is 12.1 Å². The SMILES string of the molecule is CNc1cc(Br)cc(F)c1[N+](=O)[O-]. The standard InChI is InChI=1S/C7H6BrFN2O2/c1-10-6-3-4(8)2-5(9)7(6)11(12)13/h2-3,10H,1H3. The Labute approximate surface area is 82.0 Å². The number of nitro benzene ring substituents is 1. The normalized spacial score (nSPS) is 9.77. The molecule has 0 aliphatic rings.